The van der Waals surface area contributed by atoms with E-state index in [-0.39, 0.29) is 17.0 Å². The monoisotopic (exact) mass is 332 g/mol. The standard InChI is InChI=1S/C17H20N2O5/c1-9(2)13(14(20)18-10(3)17(23)24-4)19-15(21)11-7-5-6-8-12(11)16(19)22/h5-10,13H,1-4H3,(H,18,20). The van der Waals surface area contributed by atoms with Crippen LogP contribution in [-0.2, 0) is 14.3 Å². The van der Waals surface area contributed by atoms with Crippen LogP contribution in [0.4, 0.5) is 0 Å². The minimum atomic E-state index is -1.01. The molecule has 0 aliphatic carbocycles. The van der Waals surface area contributed by atoms with Gasteiger partial charge in [-0.05, 0) is 25.0 Å². The highest BCUT2D eigenvalue weighted by Gasteiger charge is 2.44. The Morgan fingerprint density at radius 2 is 1.54 bits per heavy atom. The summed E-state index contributed by atoms with van der Waals surface area (Å²) in [6.45, 7) is 4.94. The lowest BCUT2D eigenvalue weighted by Crippen LogP contribution is -2.55. The number of nitrogens with zero attached hydrogens (tertiary/aromatic N) is 1. The molecule has 128 valence electrons. The first-order valence-electron chi connectivity index (χ1n) is 7.64. The number of carbonyl (C=O) groups excluding carboxylic acids is 4. The summed E-state index contributed by atoms with van der Waals surface area (Å²) in [4.78, 5) is 50.2. The van der Waals surface area contributed by atoms with Crippen LogP contribution in [0.25, 0.3) is 0 Å². The zero-order valence-corrected chi connectivity index (χ0v) is 14.0. The lowest BCUT2D eigenvalue weighted by atomic mass is 10.0. The number of carbonyl (C=O) groups is 4. The van der Waals surface area contributed by atoms with Crippen LogP contribution in [0.5, 0.6) is 0 Å². The SMILES string of the molecule is COC(=O)C(C)NC(=O)C(C(C)C)N1C(=O)c2ccccc2C1=O. The summed E-state index contributed by atoms with van der Waals surface area (Å²) in [6, 6.07) is 4.56. The van der Waals surface area contributed by atoms with Crippen molar-refractivity contribution in [2.45, 2.75) is 32.9 Å². The lowest BCUT2D eigenvalue weighted by Gasteiger charge is -2.29. The summed E-state index contributed by atoms with van der Waals surface area (Å²) in [5.41, 5.74) is 0.559. The molecule has 1 heterocycles. The van der Waals surface area contributed by atoms with E-state index in [1.54, 1.807) is 38.1 Å². The third-order valence-corrected chi connectivity index (χ3v) is 3.92. The van der Waals surface area contributed by atoms with Crippen LogP contribution in [0.1, 0.15) is 41.5 Å². The Labute approximate surface area is 140 Å². The van der Waals surface area contributed by atoms with Crippen molar-refractivity contribution in [2.24, 2.45) is 5.92 Å². The van der Waals surface area contributed by atoms with E-state index >= 15 is 0 Å². The van der Waals surface area contributed by atoms with E-state index in [1.807, 2.05) is 0 Å². The van der Waals surface area contributed by atoms with Gasteiger partial charge in [-0.3, -0.25) is 19.3 Å². The fourth-order valence-electron chi connectivity index (χ4n) is 2.71. The van der Waals surface area contributed by atoms with Gasteiger partial charge in [0.15, 0.2) is 0 Å². The molecule has 0 saturated heterocycles. The molecule has 0 fully saturated rings. The van der Waals surface area contributed by atoms with Gasteiger partial charge >= 0.3 is 5.97 Å². The average molecular weight is 332 g/mol. The second-order valence-corrected chi connectivity index (χ2v) is 5.97. The molecule has 1 aliphatic rings. The van der Waals surface area contributed by atoms with Crippen molar-refractivity contribution in [2.75, 3.05) is 7.11 Å². The molecular formula is C17H20N2O5. The second-order valence-electron chi connectivity index (χ2n) is 5.97. The molecule has 1 aliphatic heterocycles. The minimum Gasteiger partial charge on any atom is -0.467 e. The summed E-state index contributed by atoms with van der Waals surface area (Å²) >= 11 is 0. The second kappa shape index (κ2) is 6.82. The number of ether oxygens (including phenoxy) is 1. The van der Waals surface area contributed by atoms with Gasteiger partial charge in [0.05, 0.1) is 18.2 Å². The van der Waals surface area contributed by atoms with Gasteiger partial charge < -0.3 is 10.1 Å². The lowest BCUT2D eigenvalue weighted by molar-refractivity contribution is -0.145. The number of methoxy groups -OCH3 is 1. The zero-order chi connectivity index (χ0) is 18.0. The van der Waals surface area contributed by atoms with Gasteiger partial charge in [-0.15, -0.1) is 0 Å². The van der Waals surface area contributed by atoms with Gasteiger partial charge in [0.25, 0.3) is 11.8 Å². The highest BCUT2D eigenvalue weighted by Crippen LogP contribution is 2.27. The number of fused-ring (bicyclic) bond motifs is 1. The molecule has 0 spiro atoms. The molecule has 0 bridgehead atoms. The minimum absolute atomic E-state index is 0.280. The van der Waals surface area contributed by atoms with Gasteiger partial charge in [0.2, 0.25) is 5.91 Å². The van der Waals surface area contributed by atoms with Crippen molar-refractivity contribution in [3.05, 3.63) is 35.4 Å². The normalized spacial score (nSPS) is 16.0. The summed E-state index contributed by atoms with van der Waals surface area (Å²) in [7, 11) is 1.22. The summed E-state index contributed by atoms with van der Waals surface area (Å²) in [5.74, 6) is -2.51. The fraction of sp³-hybridized carbons (Fsp3) is 0.412. The van der Waals surface area contributed by atoms with Crippen LogP contribution in [0.15, 0.2) is 24.3 Å². The van der Waals surface area contributed by atoms with E-state index in [0.717, 1.165) is 4.90 Å². The molecule has 7 nitrogen and oxygen atoms in total. The van der Waals surface area contributed by atoms with Crippen molar-refractivity contribution >= 4 is 23.7 Å². The molecule has 1 N–H and O–H groups in total. The number of esters is 1. The van der Waals surface area contributed by atoms with Crippen molar-refractivity contribution in [1.29, 1.82) is 0 Å². The predicted molar refractivity (Wildman–Crippen MR) is 85.2 cm³/mol. The van der Waals surface area contributed by atoms with Crippen LogP contribution >= 0.6 is 0 Å². The fourth-order valence-corrected chi connectivity index (χ4v) is 2.71. The van der Waals surface area contributed by atoms with E-state index in [4.69, 9.17) is 0 Å². The summed E-state index contributed by atoms with van der Waals surface area (Å²) in [6.07, 6.45) is 0. The molecule has 2 atom stereocenters. The van der Waals surface area contributed by atoms with Gasteiger partial charge in [0.1, 0.15) is 12.1 Å². The molecule has 1 aromatic rings. The smallest absolute Gasteiger partial charge is 0.328 e. The molecule has 24 heavy (non-hydrogen) atoms. The van der Waals surface area contributed by atoms with E-state index in [9.17, 15) is 19.2 Å². The molecule has 2 rings (SSSR count). The third-order valence-electron chi connectivity index (χ3n) is 3.92. The Bertz CT molecular complexity index is 663. The highest BCUT2D eigenvalue weighted by atomic mass is 16.5. The molecule has 0 radical (unpaired) electrons. The first-order valence-corrected chi connectivity index (χ1v) is 7.64. The number of rotatable bonds is 5. The number of nitrogens with one attached hydrogen (secondary N) is 1. The Kier molecular flexibility index (Phi) is 5.02. The maximum atomic E-state index is 12.6. The molecule has 2 unspecified atom stereocenters. The third kappa shape index (κ3) is 3.02. The molecule has 3 amide bonds. The van der Waals surface area contributed by atoms with Crippen molar-refractivity contribution in [3.8, 4) is 0 Å². The van der Waals surface area contributed by atoms with E-state index < -0.39 is 35.8 Å². The van der Waals surface area contributed by atoms with E-state index in [1.165, 1.54) is 14.0 Å². The predicted octanol–water partition coefficient (Wildman–Crippen LogP) is 0.985. The topological polar surface area (TPSA) is 92.8 Å². The van der Waals surface area contributed by atoms with Gasteiger partial charge in [-0.25, -0.2) is 4.79 Å². The molecular weight excluding hydrogens is 312 g/mol. The van der Waals surface area contributed by atoms with Crippen LogP contribution in [-0.4, -0.2) is 47.8 Å². The number of imide groups is 1. The van der Waals surface area contributed by atoms with Gasteiger partial charge in [-0.2, -0.15) is 0 Å². The average Bonchev–Trinajstić information content (AvgIpc) is 2.79. The molecule has 1 aromatic carbocycles. The van der Waals surface area contributed by atoms with E-state index in [0.29, 0.717) is 0 Å². The largest absolute Gasteiger partial charge is 0.467 e. The van der Waals surface area contributed by atoms with Crippen LogP contribution in [0.2, 0.25) is 0 Å². The maximum Gasteiger partial charge on any atom is 0.328 e. The summed E-state index contributed by atoms with van der Waals surface area (Å²) < 4.78 is 4.57. The first-order chi connectivity index (χ1) is 11.3. The Hall–Kier alpha value is -2.70. The van der Waals surface area contributed by atoms with Crippen LogP contribution < -0.4 is 5.32 Å². The maximum absolute atomic E-state index is 12.6. The van der Waals surface area contributed by atoms with Crippen LogP contribution in [0.3, 0.4) is 0 Å². The van der Waals surface area contributed by atoms with Crippen molar-refractivity contribution < 1.29 is 23.9 Å². The first kappa shape index (κ1) is 17.7. The van der Waals surface area contributed by atoms with E-state index in [2.05, 4.69) is 10.1 Å². The molecule has 0 saturated carbocycles. The molecule has 0 aromatic heterocycles. The quantitative estimate of drug-likeness (QED) is 0.641. The zero-order valence-electron chi connectivity index (χ0n) is 14.0. The van der Waals surface area contributed by atoms with Gasteiger partial charge in [0, 0.05) is 0 Å². The van der Waals surface area contributed by atoms with Crippen LogP contribution in [0, 0.1) is 5.92 Å². The van der Waals surface area contributed by atoms with Gasteiger partial charge in [-0.1, -0.05) is 26.0 Å². The van der Waals surface area contributed by atoms with Crippen molar-refractivity contribution in [1.82, 2.24) is 10.2 Å². The Morgan fingerprint density at radius 1 is 1.04 bits per heavy atom. The number of hydrogen-bond donors (Lipinski definition) is 1. The number of hydrogen-bond acceptors (Lipinski definition) is 5. The highest BCUT2D eigenvalue weighted by molar-refractivity contribution is 6.22. The Morgan fingerprint density at radius 3 is 1.96 bits per heavy atom. The number of benzene rings is 1. The summed E-state index contributed by atoms with van der Waals surface area (Å²) in [5, 5.41) is 2.50. The Balaban J connectivity index is 2.29. The number of amides is 3. The molecule has 7 heteroatoms. The van der Waals surface area contributed by atoms with Crippen molar-refractivity contribution in [3.63, 3.8) is 0 Å².